The molecule has 1 unspecified atom stereocenters. The molecular formula is C26H23NO4S. The van der Waals surface area contributed by atoms with Crippen molar-refractivity contribution in [2.75, 3.05) is 11.5 Å². The highest BCUT2D eigenvalue weighted by atomic mass is 32.1. The molecule has 1 atom stereocenters. The molecule has 32 heavy (non-hydrogen) atoms. The Balaban J connectivity index is 1.64. The Kier molecular flexibility index (Phi) is 5.10. The molecule has 0 bridgehead atoms. The maximum absolute atomic E-state index is 13.2. The monoisotopic (exact) mass is 445 g/mol. The SMILES string of the molecule is CC(C)c1ccc(N2C(=O)C(=O)/C(=C(\O)c3ccc4c(c3)CCO4)C2c2cccs2)cc1. The fourth-order valence-corrected chi connectivity index (χ4v) is 5.15. The zero-order chi connectivity index (χ0) is 22.4. The van der Waals surface area contributed by atoms with Gasteiger partial charge in [-0.05, 0) is 58.8 Å². The van der Waals surface area contributed by atoms with Gasteiger partial charge in [0, 0.05) is 22.5 Å². The lowest BCUT2D eigenvalue weighted by atomic mass is 9.98. The van der Waals surface area contributed by atoms with E-state index in [1.807, 2.05) is 47.8 Å². The van der Waals surface area contributed by atoms with E-state index in [0.717, 1.165) is 28.2 Å². The van der Waals surface area contributed by atoms with E-state index in [4.69, 9.17) is 4.74 Å². The summed E-state index contributed by atoms with van der Waals surface area (Å²) < 4.78 is 5.55. The average Bonchev–Trinajstić information content (AvgIpc) is 3.53. The van der Waals surface area contributed by atoms with Gasteiger partial charge in [0.15, 0.2) is 0 Å². The van der Waals surface area contributed by atoms with Crippen LogP contribution in [0.4, 0.5) is 5.69 Å². The summed E-state index contributed by atoms with van der Waals surface area (Å²) in [6.45, 7) is 4.81. The van der Waals surface area contributed by atoms with Gasteiger partial charge in [-0.3, -0.25) is 14.5 Å². The Bertz CT molecular complexity index is 1230. The van der Waals surface area contributed by atoms with Gasteiger partial charge in [-0.15, -0.1) is 11.3 Å². The molecule has 0 saturated carbocycles. The first-order chi connectivity index (χ1) is 15.5. The van der Waals surface area contributed by atoms with E-state index in [0.29, 0.717) is 23.8 Å². The van der Waals surface area contributed by atoms with E-state index in [-0.39, 0.29) is 11.3 Å². The van der Waals surface area contributed by atoms with Crippen molar-refractivity contribution in [3.05, 3.63) is 87.1 Å². The zero-order valence-electron chi connectivity index (χ0n) is 17.9. The molecule has 1 amide bonds. The molecule has 5 nitrogen and oxygen atoms in total. The van der Waals surface area contributed by atoms with E-state index in [1.54, 1.807) is 12.1 Å². The molecule has 0 radical (unpaired) electrons. The fourth-order valence-electron chi connectivity index (χ4n) is 4.32. The van der Waals surface area contributed by atoms with Gasteiger partial charge in [-0.2, -0.15) is 0 Å². The van der Waals surface area contributed by atoms with Crippen LogP contribution in [0.25, 0.3) is 5.76 Å². The van der Waals surface area contributed by atoms with Crippen molar-refractivity contribution >= 4 is 34.5 Å². The Hall–Kier alpha value is -3.38. The number of amides is 1. The Labute approximate surface area is 190 Å². The number of hydrogen-bond acceptors (Lipinski definition) is 5. The Morgan fingerprint density at radius 2 is 1.91 bits per heavy atom. The third kappa shape index (κ3) is 3.31. The quantitative estimate of drug-likeness (QED) is 0.330. The molecule has 1 fully saturated rings. The average molecular weight is 446 g/mol. The molecule has 1 aromatic heterocycles. The summed E-state index contributed by atoms with van der Waals surface area (Å²) in [6, 6.07) is 16.2. The summed E-state index contributed by atoms with van der Waals surface area (Å²) in [5.41, 5.74) is 3.41. The van der Waals surface area contributed by atoms with Crippen molar-refractivity contribution in [2.45, 2.75) is 32.2 Å². The lowest BCUT2D eigenvalue weighted by Crippen LogP contribution is -2.29. The summed E-state index contributed by atoms with van der Waals surface area (Å²) in [5.74, 6) is -0.312. The van der Waals surface area contributed by atoms with Crippen LogP contribution in [0.5, 0.6) is 5.75 Å². The molecule has 0 aliphatic carbocycles. The van der Waals surface area contributed by atoms with Crippen LogP contribution in [-0.2, 0) is 16.0 Å². The van der Waals surface area contributed by atoms with Crippen LogP contribution >= 0.6 is 11.3 Å². The fraction of sp³-hybridized carbons (Fsp3) is 0.231. The number of anilines is 1. The summed E-state index contributed by atoms with van der Waals surface area (Å²) in [6.07, 6.45) is 0.751. The molecule has 5 rings (SSSR count). The molecule has 1 saturated heterocycles. The zero-order valence-corrected chi connectivity index (χ0v) is 18.7. The Morgan fingerprint density at radius 3 is 2.59 bits per heavy atom. The van der Waals surface area contributed by atoms with Crippen LogP contribution in [-0.4, -0.2) is 23.4 Å². The first-order valence-electron chi connectivity index (χ1n) is 10.7. The molecule has 2 aliphatic heterocycles. The number of aliphatic hydroxyl groups excluding tert-OH is 1. The maximum Gasteiger partial charge on any atom is 0.300 e. The number of fused-ring (bicyclic) bond motifs is 1. The largest absolute Gasteiger partial charge is 0.507 e. The van der Waals surface area contributed by atoms with E-state index in [1.165, 1.54) is 16.2 Å². The molecule has 2 aromatic carbocycles. The number of hydrogen-bond donors (Lipinski definition) is 1. The minimum Gasteiger partial charge on any atom is -0.507 e. The minimum atomic E-state index is -0.676. The second kappa shape index (κ2) is 7.95. The third-order valence-electron chi connectivity index (χ3n) is 6.06. The summed E-state index contributed by atoms with van der Waals surface area (Å²) in [4.78, 5) is 28.7. The highest BCUT2D eigenvalue weighted by molar-refractivity contribution is 7.10. The van der Waals surface area contributed by atoms with Crippen molar-refractivity contribution in [2.24, 2.45) is 0 Å². The predicted molar refractivity (Wildman–Crippen MR) is 125 cm³/mol. The topological polar surface area (TPSA) is 66.8 Å². The predicted octanol–water partition coefficient (Wildman–Crippen LogP) is 5.43. The van der Waals surface area contributed by atoms with E-state index in [2.05, 4.69) is 13.8 Å². The van der Waals surface area contributed by atoms with Crippen molar-refractivity contribution in [1.29, 1.82) is 0 Å². The molecule has 0 spiro atoms. The van der Waals surface area contributed by atoms with Crippen molar-refractivity contribution < 1.29 is 19.4 Å². The van der Waals surface area contributed by atoms with Gasteiger partial charge in [0.05, 0.1) is 12.2 Å². The highest BCUT2D eigenvalue weighted by Gasteiger charge is 2.47. The second-order valence-electron chi connectivity index (χ2n) is 8.35. The van der Waals surface area contributed by atoms with Crippen LogP contribution in [0, 0.1) is 0 Å². The maximum atomic E-state index is 13.2. The van der Waals surface area contributed by atoms with Gasteiger partial charge >= 0.3 is 0 Å². The highest BCUT2D eigenvalue weighted by Crippen LogP contribution is 2.44. The molecule has 6 heteroatoms. The minimum absolute atomic E-state index is 0.115. The van der Waals surface area contributed by atoms with Crippen LogP contribution in [0.1, 0.15) is 47.4 Å². The van der Waals surface area contributed by atoms with Crippen molar-refractivity contribution in [1.82, 2.24) is 0 Å². The molecule has 3 aromatic rings. The number of carbonyl (C=O) groups excluding carboxylic acids is 2. The van der Waals surface area contributed by atoms with Gasteiger partial charge in [-0.25, -0.2) is 0 Å². The Morgan fingerprint density at radius 1 is 1.12 bits per heavy atom. The van der Waals surface area contributed by atoms with Gasteiger partial charge in [0.1, 0.15) is 17.6 Å². The number of benzene rings is 2. The lowest BCUT2D eigenvalue weighted by Gasteiger charge is -2.24. The van der Waals surface area contributed by atoms with Crippen LogP contribution < -0.4 is 9.64 Å². The van der Waals surface area contributed by atoms with Crippen LogP contribution in [0.15, 0.2) is 65.6 Å². The summed E-state index contributed by atoms with van der Waals surface area (Å²) in [5, 5.41) is 13.1. The number of Topliss-reactive ketones (excluding diaryl/α,β-unsaturated/α-hetero) is 1. The number of ketones is 1. The lowest BCUT2D eigenvalue weighted by molar-refractivity contribution is -0.132. The number of ether oxygens (including phenoxy) is 1. The van der Waals surface area contributed by atoms with E-state index >= 15 is 0 Å². The van der Waals surface area contributed by atoms with Crippen molar-refractivity contribution in [3.63, 3.8) is 0 Å². The van der Waals surface area contributed by atoms with E-state index in [9.17, 15) is 14.7 Å². The first-order valence-corrected chi connectivity index (χ1v) is 11.5. The first kappa shape index (κ1) is 20.5. The second-order valence-corrected chi connectivity index (χ2v) is 9.33. The molecule has 3 heterocycles. The molecular weight excluding hydrogens is 422 g/mol. The normalized spacial score (nSPS) is 19.5. The van der Waals surface area contributed by atoms with Gasteiger partial charge in [0.25, 0.3) is 11.7 Å². The van der Waals surface area contributed by atoms with Gasteiger partial charge in [0.2, 0.25) is 0 Å². The molecule has 162 valence electrons. The standard InChI is InChI=1S/C26H23NO4S/c1-15(2)16-5-8-19(9-6-16)27-23(21-4-3-13-32-21)22(25(29)26(27)30)24(28)18-7-10-20-17(14-18)11-12-31-20/h3-10,13-15,23,28H,11-12H2,1-2H3/b24-22-. The molecule has 2 aliphatic rings. The number of aliphatic hydroxyl groups is 1. The summed E-state index contributed by atoms with van der Waals surface area (Å²) >= 11 is 1.46. The van der Waals surface area contributed by atoms with Crippen LogP contribution in [0.2, 0.25) is 0 Å². The van der Waals surface area contributed by atoms with Crippen molar-refractivity contribution in [3.8, 4) is 5.75 Å². The van der Waals surface area contributed by atoms with Gasteiger partial charge < -0.3 is 9.84 Å². The number of carbonyl (C=O) groups is 2. The number of nitrogens with zero attached hydrogens (tertiary/aromatic N) is 1. The third-order valence-corrected chi connectivity index (χ3v) is 6.98. The number of rotatable bonds is 4. The van der Waals surface area contributed by atoms with Gasteiger partial charge in [-0.1, -0.05) is 32.0 Å². The number of thiophene rings is 1. The molecule has 1 N–H and O–H groups in total. The van der Waals surface area contributed by atoms with E-state index < -0.39 is 17.7 Å². The summed E-state index contributed by atoms with van der Waals surface area (Å²) in [7, 11) is 0. The van der Waals surface area contributed by atoms with Crippen LogP contribution in [0.3, 0.4) is 0 Å². The smallest absolute Gasteiger partial charge is 0.300 e.